The minimum absolute atomic E-state index is 0.141. The number of hydrogen-bond donors (Lipinski definition) is 3. The molecule has 0 atom stereocenters. The normalized spacial score (nSPS) is 11.2. The van der Waals surface area contributed by atoms with Crippen LogP contribution in [0.4, 0.5) is 5.69 Å². The number of primary sulfonamides is 1. The molecule has 0 fully saturated rings. The lowest BCUT2D eigenvalue weighted by Crippen LogP contribution is -2.23. The monoisotopic (exact) mass is 273 g/mol. The van der Waals surface area contributed by atoms with E-state index in [1.807, 2.05) is 19.1 Å². The van der Waals surface area contributed by atoms with Crippen molar-refractivity contribution in [1.29, 1.82) is 0 Å². The molecule has 0 saturated carbocycles. The van der Waals surface area contributed by atoms with Gasteiger partial charge in [0.15, 0.2) is 0 Å². The molecular weight excluding hydrogens is 258 g/mol. The van der Waals surface area contributed by atoms with Crippen molar-refractivity contribution in [3.8, 4) is 0 Å². The Bertz CT molecular complexity index is 526. The van der Waals surface area contributed by atoms with Crippen molar-refractivity contribution in [2.75, 3.05) is 17.6 Å². The Balaban J connectivity index is 2.82. The van der Waals surface area contributed by atoms with Gasteiger partial charge in [-0.3, -0.25) is 0 Å². The summed E-state index contributed by atoms with van der Waals surface area (Å²) in [6.07, 6.45) is 0. The van der Waals surface area contributed by atoms with E-state index in [1.165, 1.54) is 0 Å². The number of benzene rings is 1. The molecule has 7 heteroatoms. The molecule has 0 bridgehead atoms. The summed E-state index contributed by atoms with van der Waals surface area (Å²) in [5.41, 5.74) is 8.02. The Morgan fingerprint density at radius 3 is 2.65 bits per heavy atom. The number of aryl methyl sites for hydroxylation is 1. The SMILES string of the molecule is Cc1ccc(C(N)=S)c(NCCS(N)(=O)=O)c1. The second kappa shape index (κ2) is 5.44. The van der Waals surface area contributed by atoms with Crippen LogP contribution < -0.4 is 16.2 Å². The molecule has 0 amide bonds. The van der Waals surface area contributed by atoms with Crippen LogP contribution in [0.2, 0.25) is 0 Å². The quantitative estimate of drug-likeness (QED) is 0.672. The van der Waals surface area contributed by atoms with Crippen LogP contribution in [0.5, 0.6) is 0 Å². The highest BCUT2D eigenvalue weighted by atomic mass is 32.2. The topological polar surface area (TPSA) is 98.2 Å². The molecule has 0 heterocycles. The van der Waals surface area contributed by atoms with Crippen molar-refractivity contribution < 1.29 is 8.42 Å². The summed E-state index contributed by atoms with van der Waals surface area (Å²) < 4.78 is 21.6. The summed E-state index contributed by atoms with van der Waals surface area (Å²) >= 11 is 4.91. The zero-order valence-corrected chi connectivity index (χ0v) is 11.1. The first kappa shape index (κ1) is 13.9. The Labute approximate surface area is 106 Å². The third-order valence-electron chi connectivity index (χ3n) is 2.14. The van der Waals surface area contributed by atoms with Gasteiger partial charge < -0.3 is 11.1 Å². The van der Waals surface area contributed by atoms with Gasteiger partial charge in [-0.1, -0.05) is 18.3 Å². The van der Waals surface area contributed by atoms with E-state index in [9.17, 15) is 8.42 Å². The molecule has 5 N–H and O–H groups in total. The average Bonchev–Trinajstić information content (AvgIpc) is 2.15. The first-order valence-electron chi connectivity index (χ1n) is 4.94. The highest BCUT2D eigenvalue weighted by molar-refractivity contribution is 7.89. The standard InChI is InChI=1S/C10H15N3O2S2/c1-7-2-3-8(10(11)16)9(6-7)13-4-5-17(12,14)15/h2-3,6,13H,4-5H2,1H3,(H2,11,16)(H2,12,14,15). The maximum atomic E-state index is 10.8. The van der Waals surface area contributed by atoms with Crippen LogP contribution in [0, 0.1) is 6.92 Å². The van der Waals surface area contributed by atoms with Gasteiger partial charge in [-0.15, -0.1) is 0 Å². The predicted octanol–water partition coefficient (Wildman–Crippen LogP) is 0.330. The summed E-state index contributed by atoms with van der Waals surface area (Å²) in [4.78, 5) is 0.267. The number of thiocarbonyl (C=S) groups is 1. The van der Waals surface area contributed by atoms with E-state index in [-0.39, 0.29) is 17.3 Å². The number of hydrogen-bond acceptors (Lipinski definition) is 4. The summed E-state index contributed by atoms with van der Waals surface area (Å²) in [5, 5.41) is 7.87. The van der Waals surface area contributed by atoms with E-state index in [2.05, 4.69) is 5.32 Å². The van der Waals surface area contributed by atoms with E-state index in [0.717, 1.165) is 11.3 Å². The molecule has 1 rings (SSSR count). The molecule has 17 heavy (non-hydrogen) atoms. The van der Waals surface area contributed by atoms with Crippen molar-refractivity contribution in [2.45, 2.75) is 6.92 Å². The van der Waals surface area contributed by atoms with Gasteiger partial charge in [0.1, 0.15) is 4.99 Å². The number of nitrogens with two attached hydrogens (primary N) is 2. The molecule has 0 unspecified atom stereocenters. The van der Waals surface area contributed by atoms with E-state index < -0.39 is 10.0 Å². The maximum Gasteiger partial charge on any atom is 0.210 e. The Morgan fingerprint density at radius 1 is 1.47 bits per heavy atom. The van der Waals surface area contributed by atoms with Gasteiger partial charge in [0.05, 0.1) is 5.75 Å². The van der Waals surface area contributed by atoms with Crippen LogP contribution in [0.15, 0.2) is 18.2 Å². The van der Waals surface area contributed by atoms with Crippen LogP contribution in [-0.4, -0.2) is 25.7 Å². The molecule has 0 aromatic heterocycles. The molecule has 94 valence electrons. The summed E-state index contributed by atoms with van der Waals surface area (Å²) in [7, 11) is -3.46. The van der Waals surface area contributed by atoms with Gasteiger partial charge in [-0.25, -0.2) is 13.6 Å². The lowest BCUT2D eigenvalue weighted by atomic mass is 10.1. The number of sulfonamides is 1. The summed E-state index contributed by atoms with van der Waals surface area (Å²) in [6.45, 7) is 2.14. The fourth-order valence-electron chi connectivity index (χ4n) is 1.35. The zero-order chi connectivity index (χ0) is 13.1. The van der Waals surface area contributed by atoms with Gasteiger partial charge in [0, 0.05) is 17.8 Å². The van der Waals surface area contributed by atoms with Crippen LogP contribution in [-0.2, 0) is 10.0 Å². The van der Waals surface area contributed by atoms with Crippen LogP contribution >= 0.6 is 12.2 Å². The van der Waals surface area contributed by atoms with Crippen LogP contribution in [0.3, 0.4) is 0 Å². The van der Waals surface area contributed by atoms with Crippen molar-refractivity contribution >= 4 is 32.9 Å². The average molecular weight is 273 g/mol. The number of nitrogens with one attached hydrogen (secondary N) is 1. The predicted molar refractivity (Wildman–Crippen MR) is 73.5 cm³/mol. The molecule has 1 aromatic rings. The Hall–Kier alpha value is -1.18. The molecule has 0 spiro atoms. The second-order valence-electron chi connectivity index (χ2n) is 3.71. The summed E-state index contributed by atoms with van der Waals surface area (Å²) in [6, 6.07) is 5.55. The van der Waals surface area contributed by atoms with Gasteiger partial charge >= 0.3 is 0 Å². The van der Waals surface area contributed by atoms with Crippen molar-refractivity contribution in [1.82, 2.24) is 0 Å². The van der Waals surface area contributed by atoms with Crippen LogP contribution in [0.25, 0.3) is 0 Å². The molecule has 0 radical (unpaired) electrons. The third-order valence-corrected chi connectivity index (χ3v) is 3.14. The smallest absolute Gasteiger partial charge is 0.210 e. The van der Waals surface area contributed by atoms with E-state index in [1.54, 1.807) is 6.07 Å². The second-order valence-corrected chi connectivity index (χ2v) is 5.88. The molecule has 0 aliphatic carbocycles. The minimum Gasteiger partial charge on any atom is -0.389 e. The molecule has 1 aromatic carbocycles. The van der Waals surface area contributed by atoms with Crippen molar-refractivity contribution in [3.05, 3.63) is 29.3 Å². The lowest BCUT2D eigenvalue weighted by Gasteiger charge is -2.11. The fourth-order valence-corrected chi connectivity index (χ4v) is 1.91. The van der Waals surface area contributed by atoms with E-state index in [4.69, 9.17) is 23.1 Å². The van der Waals surface area contributed by atoms with Gasteiger partial charge in [-0.2, -0.15) is 0 Å². The van der Waals surface area contributed by atoms with Gasteiger partial charge in [0.2, 0.25) is 10.0 Å². The van der Waals surface area contributed by atoms with E-state index >= 15 is 0 Å². The molecular formula is C10H15N3O2S2. The van der Waals surface area contributed by atoms with Crippen LogP contribution in [0.1, 0.15) is 11.1 Å². The lowest BCUT2D eigenvalue weighted by molar-refractivity contribution is 0.598. The van der Waals surface area contributed by atoms with Crippen molar-refractivity contribution in [3.63, 3.8) is 0 Å². The largest absolute Gasteiger partial charge is 0.389 e. The maximum absolute atomic E-state index is 10.8. The molecule has 0 aliphatic heterocycles. The molecule has 0 aliphatic rings. The fraction of sp³-hybridized carbons (Fsp3) is 0.300. The number of rotatable bonds is 5. The molecule has 0 saturated heterocycles. The zero-order valence-electron chi connectivity index (χ0n) is 9.43. The van der Waals surface area contributed by atoms with Gasteiger partial charge in [0.25, 0.3) is 0 Å². The number of anilines is 1. The highest BCUT2D eigenvalue weighted by Crippen LogP contribution is 2.17. The summed E-state index contributed by atoms with van der Waals surface area (Å²) in [5.74, 6) is -0.141. The Morgan fingerprint density at radius 2 is 2.12 bits per heavy atom. The minimum atomic E-state index is -3.46. The molecule has 5 nitrogen and oxygen atoms in total. The Kier molecular flexibility index (Phi) is 4.44. The third kappa shape index (κ3) is 4.68. The van der Waals surface area contributed by atoms with E-state index in [0.29, 0.717) is 5.56 Å². The highest BCUT2D eigenvalue weighted by Gasteiger charge is 2.07. The van der Waals surface area contributed by atoms with Gasteiger partial charge in [-0.05, 0) is 24.6 Å². The van der Waals surface area contributed by atoms with Crippen molar-refractivity contribution in [2.24, 2.45) is 10.9 Å². The first-order chi connectivity index (χ1) is 7.79. The first-order valence-corrected chi connectivity index (χ1v) is 7.07.